The number of rotatable bonds is 9. The smallest absolute Gasteiger partial charge is 0.251 e. The van der Waals surface area contributed by atoms with Crippen molar-refractivity contribution in [1.82, 2.24) is 15.8 Å². The number of benzene rings is 2. The second-order valence-electron chi connectivity index (χ2n) is 6.88. The van der Waals surface area contributed by atoms with Crippen molar-refractivity contribution in [2.24, 2.45) is 0 Å². The largest absolute Gasteiger partial charge is 0.489 e. The zero-order valence-corrected chi connectivity index (χ0v) is 17.1. The molecule has 0 aliphatic rings. The fourth-order valence-corrected chi connectivity index (χ4v) is 2.88. The van der Waals surface area contributed by atoms with Gasteiger partial charge in [0.1, 0.15) is 18.1 Å². The van der Waals surface area contributed by atoms with E-state index in [-0.39, 0.29) is 18.2 Å². The van der Waals surface area contributed by atoms with Gasteiger partial charge in [0, 0.05) is 18.7 Å². The van der Waals surface area contributed by atoms with Crippen LogP contribution in [0.3, 0.4) is 0 Å². The molecule has 156 valence electrons. The summed E-state index contributed by atoms with van der Waals surface area (Å²) in [5.74, 6) is 1.20. The third-order valence-corrected chi connectivity index (χ3v) is 4.62. The molecule has 0 aliphatic carbocycles. The fraction of sp³-hybridized carbons (Fsp3) is 0.261. The molecule has 2 N–H and O–H groups in total. The summed E-state index contributed by atoms with van der Waals surface area (Å²) in [5, 5.41) is 9.49. The van der Waals surface area contributed by atoms with Gasteiger partial charge in [-0.05, 0) is 43.7 Å². The van der Waals surface area contributed by atoms with E-state index in [1.54, 1.807) is 12.1 Å². The van der Waals surface area contributed by atoms with Gasteiger partial charge < -0.3 is 19.9 Å². The molecule has 1 aromatic heterocycles. The molecule has 2 amide bonds. The lowest BCUT2D eigenvalue weighted by Crippen LogP contribution is -2.35. The van der Waals surface area contributed by atoms with Crippen molar-refractivity contribution in [3.05, 3.63) is 82.7 Å². The quantitative estimate of drug-likeness (QED) is 0.532. The first-order chi connectivity index (χ1) is 14.5. The molecule has 30 heavy (non-hydrogen) atoms. The van der Waals surface area contributed by atoms with Crippen molar-refractivity contribution in [3.8, 4) is 5.75 Å². The van der Waals surface area contributed by atoms with Crippen LogP contribution in [0.25, 0.3) is 0 Å². The van der Waals surface area contributed by atoms with E-state index in [0.717, 1.165) is 22.6 Å². The van der Waals surface area contributed by atoms with Crippen molar-refractivity contribution < 1.29 is 18.8 Å². The van der Waals surface area contributed by atoms with Gasteiger partial charge in [-0.1, -0.05) is 35.5 Å². The van der Waals surface area contributed by atoms with Gasteiger partial charge in [0.05, 0.1) is 17.7 Å². The topological polar surface area (TPSA) is 93.5 Å². The lowest BCUT2D eigenvalue weighted by Gasteiger charge is -2.09. The summed E-state index contributed by atoms with van der Waals surface area (Å²) in [7, 11) is 0. The Hall–Kier alpha value is -3.61. The first-order valence-electron chi connectivity index (χ1n) is 9.76. The second kappa shape index (κ2) is 10.2. The third kappa shape index (κ3) is 5.94. The van der Waals surface area contributed by atoms with Crippen LogP contribution >= 0.6 is 0 Å². The minimum atomic E-state index is -0.156. The van der Waals surface area contributed by atoms with E-state index in [2.05, 4.69) is 15.8 Å². The molecule has 2 aromatic carbocycles. The zero-order valence-electron chi connectivity index (χ0n) is 17.1. The average molecular weight is 407 g/mol. The Morgan fingerprint density at radius 2 is 1.67 bits per heavy atom. The molecule has 0 radical (unpaired) electrons. The molecule has 0 fully saturated rings. The first kappa shape index (κ1) is 21.1. The van der Waals surface area contributed by atoms with Crippen LogP contribution in [-0.2, 0) is 17.8 Å². The van der Waals surface area contributed by atoms with Crippen molar-refractivity contribution in [3.63, 3.8) is 0 Å². The van der Waals surface area contributed by atoms with Crippen LogP contribution in [-0.4, -0.2) is 30.1 Å². The number of aromatic nitrogens is 1. The number of aryl methyl sites for hydroxylation is 2. The van der Waals surface area contributed by atoms with Gasteiger partial charge in [-0.25, -0.2) is 0 Å². The number of carbonyl (C=O) groups is 2. The van der Waals surface area contributed by atoms with Crippen molar-refractivity contribution in [2.45, 2.75) is 26.9 Å². The van der Waals surface area contributed by atoms with Crippen LogP contribution in [0, 0.1) is 13.8 Å². The van der Waals surface area contributed by atoms with E-state index >= 15 is 0 Å². The van der Waals surface area contributed by atoms with Gasteiger partial charge >= 0.3 is 0 Å². The maximum Gasteiger partial charge on any atom is 0.251 e. The molecule has 0 spiro atoms. The molecule has 3 aromatic rings. The lowest BCUT2D eigenvalue weighted by atomic mass is 10.1. The van der Waals surface area contributed by atoms with E-state index in [0.29, 0.717) is 31.0 Å². The highest BCUT2D eigenvalue weighted by Crippen LogP contribution is 2.18. The maximum atomic E-state index is 12.1. The Balaban J connectivity index is 1.37. The Bertz CT molecular complexity index is 962. The summed E-state index contributed by atoms with van der Waals surface area (Å²) in [4.78, 5) is 24.0. The van der Waals surface area contributed by atoms with E-state index in [1.165, 1.54) is 0 Å². The van der Waals surface area contributed by atoms with Gasteiger partial charge in [-0.15, -0.1) is 0 Å². The van der Waals surface area contributed by atoms with Gasteiger partial charge in [0.2, 0.25) is 5.91 Å². The molecular weight excluding hydrogens is 382 g/mol. The molecule has 0 aliphatic heterocycles. The van der Waals surface area contributed by atoms with Crippen LogP contribution in [0.4, 0.5) is 0 Å². The highest BCUT2D eigenvalue weighted by atomic mass is 16.5. The summed E-state index contributed by atoms with van der Waals surface area (Å²) >= 11 is 0. The molecule has 1 heterocycles. The number of ether oxygens (including phenoxy) is 1. The van der Waals surface area contributed by atoms with Gasteiger partial charge in [0.25, 0.3) is 5.91 Å². The highest BCUT2D eigenvalue weighted by molar-refractivity contribution is 5.94. The predicted octanol–water partition coefficient (Wildman–Crippen LogP) is 2.96. The molecular formula is C23H25N3O4. The summed E-state index contributed by atoms with van der Waals surface area (Å²) in [6.45, 7) is 4.86. The number of hydrogen-bond acceptors (Lipinski definition) is 5. The first-order valence-corrected chi connectivity index (χ1v) is 9.76. The minimum Gasteiger partial charge on any atom is -0.489 e. The van der Waals surface area contributed by atoms with Gasteiger partial charge in [-0.3, -0.25) is 9.59 Å². The fourth-order valence-electron chi connectivity index (χ4n) is 2.88. The summed E-state index contributed by atoms with van der Waals surface area (Å²) in [5.41, 5.74) is 3.24. The molecule has 7 heteroatoms. The number of hydrogen-bond donors (Lipinski definition) is 2. The van der Waals surface area contributed by atoms with E-state index in [4.69, 9.17) is 9.26 Å². The third-order valence-electron chi connectivity index (χ3n) is 4.62. The summed E-state index contributed by atoms with van der Waals surface area (Å²) in [6, 6.07) is 16.4. The van der Waals surface area contributed by atoms with Crippen LogP contribution in [0.2, 0.25) is 0 Å². The summed E-state index contributed by atoms with van der Waals surface area (Å²) in [6.07, 6.45) is 0.261. The zero-order chi connectivity index (χ0) is 21.3. The number of nitrogens with one attached hydrogen (secondary N) is 2. The Morgan fingerprint density at radius 3 is 2.33 bits per heavy atom. The van der Waals surface area contributed by atoms with Crippen LogP contribution in [0.1, 0.15) is 32.9 Å². The average Bonchev–Trinajstić information content (AvgIpc) is 3.08. The summed E-state index contributed by atoms with van der Waals surface area (Å²) < 4.78 is 10.9. The Labute approximate surface area is 175 Å². The normalized spacial score (nSPS) is 10.5. The monoisotopic (exact) mass is 407 g/mol. The van der Waals surface area contributed by atoms with Gasteiger partial charge in [-0.2, -0.15) is 0 Å². The van der Waals surface area contributed by atoms with Crippen molar-refractivity contribution >= 4 is 11.8 Å². The SMILES string of the molecule is Cc1noc(C)c1COc1ccc(CC(=O)NCCNC(=O)c2ccccc2)cc1. The number of carbonyl (C=O) groups excluding carboxylic acids is 2. The van der Waals surface area contributed by atoms with Crippen molar-refractivity contribution in [1.29, 1.82) is 0 Å². The molecule has 0 saturated heterocycles. The predicted molar refractivity (Wildman–Crippen MR) is 112 cm³/mol. The Morgan fingerprint density at radius 1 is 0.967 bits per heavy atom. The molecule has 3 rings (SSSR count). The van der Waals surface area contributed by atoms with Crippen LogP contribution < -0.4 is 15.4 Å². The van der Waals surface area contributed by atoms with E-state index < -0.39 is 0 Å². The van der Waals surface area contributed by atoms with Crippen molar-refractivity contribution in [2.75, 3.05) is 13.1 Å². The maximum absolute atomic E-state index is 12.1. The minimum absolute atomic E-state index is 0.103. The standard InChI is InChI=1S/C23H25N3O4/c1-16-21(17(2)30-26-16)15-29-20-10-8-18(9-11-20)14-22(27)24-12-13-25-23(28)19-6-4-3-5-7-19/h3-11H,12-15H2,1-2H3,(H,24,27)(H,25,28). The van der Waals surface area contributed by atoms with Crippen LogP contribution in [0.15, 0.2) is 59.1 Å². The van der Waals surface area contributed by atoms with E-state index in [9.17, 15) is 9.59 Å². The number of amides is 2. The molecule has 0 unspecified atom stereocenters. The lowest BCUT2D eigenvalue weighted by molar-refractivity contribution is -0.120. The van der Waals surface area contributed by atoms with Gasteiger partial charge in [0.15, 0.2) is 0 Å². The Kier molecular flexibility index (Phi) is 7.21. The van der Waals surface area contributed by atoms with E-state index in [1.807, 2.05) is 56.3 Å². The molecule has 0 saturated carbocycles. The molecule has 0 bridgehead atoms. The highest BCUT2D eigenvalue weighted by Gasteiger charge is 2.10. The number of nitrogens with zero attached hydrogens (tertiary/aromatic N) is 1. The second-order valence-corrected chi connectivity index (χ2v) is 6.88. The van der Waals surface area contributed by atoms with Crippen LogP contribution in [0.5, 0.6) is 5.75 Å². The molecule has 7 nitrogen and oxygen atoms in total. The molecule has 0 atom stereocenters.